The summed E-state index contributed by atoms with van der Waals surface area (Å²) in [5.41, 5.74) is -3.54. The smallest absolute Gasteiger partial charge is 0.416 e. The summed E-state index contributed by atoms with van der Waals surface area (Å²) < 4.78 is 81.1. The molecular formula is C30H32F6N4O3. The number of carbonyl (C=O) groups excluding carboxylic acids is 1. The van der Waals surface area contributed by atoms with Crippen molar-refractivity contribution < 1.29 is 40.9 Å². The fraction of sp³-hybridized carbons (Fsp3) is 0.400. The standard InChI is InChI=1S/C30H32F6N4O3/c1-28(2,20-13-21(29(31,32)33)15-22(14-20)30(34,35)36)27(42)38(3)25-17-37-26(39-9-11-40(4,43)12-10-39)16-24(25)23-8-6-5-7-19(23)18-41/h5-8,13-17,41H,9-12,18H2,1-4H3. The molecule has 1 aliphatic heterocycles. The summed E-state index contributed by atoms with van der Waals surface area (Å²) in [6, 6.07) is 9.70. The molecule has 0 radical (unpaired) electrons. The number of aliphatic hydroxyl groups excluding tert-OH is 1. The Balaban J connectivity index is 1.81. The molecule has 0 aliphatic carbocycles. The van der Waals surface area contributed by atoms with Crippen LogP contribution in [0.15, 0.2) is 54.7 Å². The molecule has 0 spiro atoms. The number of aliphatic hydroxyl groups is 1. The van der Waals surface area contributed by atoms with Gasteiger partial charge in [-0.05, 0) is 54.8 Å². The molecule has 1 aliphatic rings. The van der Waals surface area contributed by atoms with Gasteiger partial charge in [-0.1, -0.05) is 24.3 Å². The van der Waals surface area contributed by atoms with E-state index >= 15 is 0 Å². The molecular weight excluding hydrogens is 578 g/mol. The number of halogens is 6. The van der Waals surface area contributed by atoms with Crippen LogP contribution < -0.4 is 9.80 Å². The van der Waals surface area contributed by atoms with Crippen LogP contribution in [0.25, 0.3) is 11.1 Å². The number of aromatic nitrogens is 1. The highest BCUT2D eigenvalue weighted by Crippen LogP contribution is 2.41. The summed E-state index contributed by atoms with van der Waals surface area (Å²) in [6.07, 6.45) is -8.74. The van der Waals surface area contributed by atoms with Gasteiger partial charge >= 0.3 is 12.4 Å². The number of anilines is 2. The van der Waals surface area contributed by atoms with Gasteiger partial charge in [0.15, 0.2) is 0 Å². The maximum absolute atomic E-state index is 13.9. The molecule has 2 heterocycles. The summed E-state index contributed by atoms with van der Waals surface area (Å²) >= 11 is 0. The third-order valence-corrected chi connectivity index (χ3v) is 7.87. The monoisotopic (exact) mass is 610 g/mol. The zero-order valence-electron chi connectivity index (χ0n) is 24.1. The zero-order chi connectivity index (χ0) is 32.0. The molecule has 13 heteroatoms. The van der Waals surface area contributed by atoms with E-state index in [-0.39, 0.29) is 18.4 Å². The number of hydroxylamine groups is 3. The number of quaternary nitrogens is 1. The highest BCUT2D eigenvalue weighted by atomic mass is 19.4. The average Bonchev–Trinajstić information content (AvgIpc) is 2.95. The number of piperazine rings is 1. The van der Waals surface area contributed by atoms with Gasteiger partial charge in [0.2, 0.25) is 5.91 Å². The highest BCUT2D eigenvalue weighted by Gasteiger charge is 2.41. The van der Waals surface area contributed by atoms with Crippen LogP contribution in [0.5, 0.6) is 0 Å². The number of rotatable bonds is 6. The minimum atomic E-state index is -5.07. The predicted molar refractivity (Wildman–Crippen MR) is 150 cm³/mol. The van der Waals surface area contributed by atoms with Crippen molar-refractivity contribution in [3.05, 3.63) is 82.2 Å². The second-order valence-electron chi connectivity index (χ2n) is 11.4. The van der Waals surface area contributed by atoms with Crippen LogP contribution in [0, 0.1) is 5.21 Å². The Hall–Kier alpha value is -3.68. The van der Waals surface area contributed by atoms with Gasteiger partial charge < -0.3 is 24.8 Å². The molecule has 43 heavy (non-hydrogen) atoms. The second kappa shape index (κ2) is 11.4. The van der Waals surface area contributed by atoms with Crippen molar-refractivity contribution in [3.63, 3.8) is 0 Å². The third-order valence-electron chi connectivity index (χ3n) is 7.87. The Labute approximate surface area is 245 Å². The topological polar surface area (TPSA) is 79.7 Å². The van der Waals surface area contributed by atoms with E-state index in [2.05, 4.69) is 4.98 Å². The lowest BCUT2D eigenvalue weighted by molar-refractivity contribution is -0.861. The lowest BCUT2D eigenvalue weighted by Crippen LogP contribution is -2.54. The number of carbonyl (C=O) groups is 1. The number of benzene rings is 2. The largest absolute Gasteiger partial charge is 0.633 e. The first kappa shape index (κ1) is 32.2. The Morgan fingerprint density at radius 1 is 0.953 bits per heavy atom. The molecule has 0 saturated carbocycles. The Morgan fingerprint density at radius 3 is 2.02 bits per heavy atom. The normalized spacial score (nSPS) is 15.9. The van der Waals surface area contributed by atoms with Gasteiger partial charge in [0, 0.05) is 12.6 Å². The molecule has 1 fully saturated rings. The first-order valence-corrected chi connectivity index (χ1v) is 13.4. The van der Waals surface area contributed by atoms with Crippen LogP contribution >= 0.6 is 0 Å². The number of pyridine rings is 1. The molecule has 0 unspecified atom stereocenters. The Kier molecular flexibility index (Phi) is 8.57. The molecule has 3 aromatic rings. The average molecular weight is 611 g/mol. The van der Waals surface area contributed by atoms with E-state index in [0.29, 0.717) is 60.8 Å². The predicted octanol–water partition coefficient (Wildman–Crippen LogP) is 5.98. The molecule has 4 rings (SSSR count). The van der Waals surface area contributed by atoms with Crippen molar-refractivity contribution >= 4 is 17.4 Å². The summed E-state index contributed by atoms with van der Waals surface area (Å²) in [6.45, 7) is 3.69. The fourth-order valence-corrected chi connectivity index (χ4v) is 5.10. The minimum Gasteiger partial charge on any atom is -0.633 e. The lowest BCUT2D eigenvalue weighted by atomic mass is 9.81. The van der Waals surface area contributed by atoms with E-state index in [0.717, 1.165) is 4.90 Å². The van der Waals surface area contributed by atoms with Crippen LogP contribution in [0.1, 0.15) is 36.1 Å². The maximum atomic E-state index is 13.9. The zero-order valence-corrected chi connectivity index (χ0v) is 24.1. The SMILES string of the molecule is CN(C(=O)C(C)(C)c1cc(C(F)(F)F)cc(C(F)(F)F)c1)c1cnc(N2CC[N+](C)([O-])CC2)cc1-c1ccccc1CO. The minimum absolute atomic E-state index is 0.0231. The van der Waals surface area contributed by atoms with Crippen LogP contribution in [0.3, 0.4) is 0 Å². The van der Waals surface area contributed by atoms with E-state index in [4.69, 9.17) is 0 Å². The molecule has 232 valence electrons. The number of nitrogens with zero attached hydrogens (tertiary/aromatic N) is 4. The van der Waals surface area contributed by atoms with Crippen LogP contribution in [-0.2, 0) is 29.2 Å². The molecule has 1 aromatic heterocycles. The highest BCUT2D eigenvalue weighted by molar-refractivity contribution is 6.03. The summed E-state index contributed by atoms with van der Waals surface area (Å²) in [7, 11) is 2.95. The Bertz CT molecular complexity index is 1460. The van der Waals surface area contributed by atoms with Crippen LogP contribution in [0.4, 0.5) is 37.8 Å². The molecule has 1 saturated heterocycles. The van der Waals surface area contributed by atoms with Gasteiger partial charge in [-0.3, -0.25) is 4.79 Å². The summed E-state index contributed by atoms with van der Waals surface area (Å²) in [4.78, 5) is 21.5. The van der Waals surface area contributed by atoms with E-state index in [1.807, 2.05) is 4.90 Å². The Morgan fingerprint density at radius 2 is 1.49 bits per heavy atom. The molecule has 1 amide bonds. The number of hydrogen-bond acceptors (Lipinski definition) is 5. The van der Waals surface area contributed by atoms with Crippen LogP contribution in [0.2, 0.25) is 0 Å². The van der Waals surface area contributed by atoms with E-state index < -0.39 is 45.0 Å². The first-order chi connectivity index (χ1) is 19.8. The number of alkyl halides is 6. The van der Waals surface area contributed by atoms with Crippen molar-refractivity contribution in [1.29, 1.82) is 0 Å². The van der Waals surface area contributed by atoms with Crippen LogP contribution in [-0.4, -0.2) is 60.9 Å². The van der Waals surface area contributed by atoms with Gasteiger partial charge in [-0.25, -0.2) is 4.98 Å². The molecule has 0 atom stereocenters. The number of amides is 1. The van der Waals surface area contributed by atoms with Gasteiger partial charge in [-0.2, -0.15) is 26.3 Å². The van der Waals surface area contributed by atoms with Crippen molar-refractivity contribution in [2.45, 2.75) is 38.2 Å². The lowest BCUT2D eigenvalue weighted by Gasteiger charge is -2.45. The van der Waals surface area contributed by atoms with E-state index in [9.17, 15) is 41.5 Å². The maximum Gasteiger partial charge on any atom is 0.416 e. The van der Waals surface area contributed by atoms with Crippen molar-refractivity contribution in [2.24, 2.45) is 0 Å². The summed E-state index contributed by atoms with van der Waals surface area (Å²) in [5.74, 6) is -0.270. The van der Waals surface area contributed by atoms with Crippen molar-refractivity contribution in [1.82, 2.24) is 4.98 Å². The molecule has 7 nitrogen and oxygen atoms in total. The van der Waals surface area contributed by atoms with Gasteiger partial charge in [0.25, 0.3) is 0 Å². The van der Waals surface area contributed by atoms with Gasteiger partial charge in [-0.15, -0.1) is 0 Å². The fourth-order valence-electron chi connectivity index (χ4n) is 5.10. The molecule has 1 N–H and O–H groups in total. The number of hydrogen-bond donors (Lipinski definition) is 1. The summed E-state index contributed by atoms with van der Waals surface area (Å²) in [5, 5.41) is 22.4. The quantitative estimate of drug-likeness (QED) is 0.211. The number of likely N-dealkylation sites (N-methyl/N-ethyl adjacent to an activating group) is 2. The molecule has 2 aromatic carbocycles. The van der Waals surface area contributed by atoms with Crippen molar-refractivity contribution in [3.8, 4) is 11.1 Å². The second-order valence-corrected chi connectivity index (χ2v) is 11.4. The van der Waals surface area contributed by atoms with Crippen molar-refractivity contribution in [2.75, 3.05) is 50.1 Å². The van der Waals surface area contributed by atoms with Gasteiger partial charge in [0.1, 0.15) is 5.82 Å². The van der Waals surface area contributed by atoms with Gasteiger partial charge in [0.05, 0.1) is 68.3 Å². The van der Waals surface area contributed by atoms with E-state index in [1.54, 1.807) is 37.4 Å². The molecule has 0 bridgehead atoms. The first-order valence-electron chi connectivity index (χ1n) is 13.4. The third kappa shape index (κ3) is 6.78. The van der Waals surface area contributed by atoms with E-state index in [1.165, 1.54) is 27.1 Å².